The van der Waals surface area contributed by atoms with E-state index in [1.807, 2.05) is 19.9 Å². The lowest BCUT2D eigenvalue weighted by molar-refractivity contribution is -0.129. The van der Waals surface area contributed by atoms with Crippen LogP contribution in [0.5, 0.6) is 5.75 Å². The Morgan fingerprint density at radius 2 is 2.16 bits per heavy atom. The van der Waals surface area contributed by atoms with E-state index in [9.17, 15) is 9.90 Å². The van der Waals surface area contributed by atoms with Crippen molar-refractivity contribution in [2.75, 3.05) is 7.05 Å². The zero-order valence-electron chi connectivity index (χ0n) is 14.8. The van der Waals surface area contributed by atoms with Gasteiger partial charge >= 0.3 is 0 Å². The molecule has 1 amide bonds. The van der Waals surface area contributed by atoms with E-state index in [4.69, 9.17) is 17.3 Å². The summed E-state index contributed by atoms with van der Waals surface area (Å²) in [6, 6.07) is 5.09. The number of benzene rings is 1. The van der Waals surface area contributed by atoms with E-state index in [0.717, 1.165) is 12.0 Å². The Kier molecular flexibility index (Phi) is 5.58. The number of allylic oxidation sites excluding steroid dienone is 2. The first-order chi connectivity index (χ1) is 11.8. The highest BCUT2D eigenvalue weighted by Gasteiger charge is 2.47. The molecule has 134 valence electrons. The van der Waals surface area contributed by atoms with Crippen molar-refractivity contribution in [2.24, 2.45) is 10.7 Å². The molecule has 0 saturated carbocycles. The molecule has 1 atom stereocenters. The maximum Gasteiger partial charge on any atom is 0.261 e. The Morgan fingerprint density at radius 3 is 2.68 bits per heavy atom. The predicted molar refractivity (Wildman–Crippen MR) is 103 cm³/mol. The number of amides is 1. The summed E-state index contributed by atoms with van der Waals surface area (Å²) in [5.74, 6) is 0.0559. The van der Waals surface area contributed by atoms with Crippen LogP contribution in [0.3, 0.4) is 0 Å². The first kappa shape index (κ1) is 19.1. The minimum Gasteiger partial charge on any atom is -0.506 e. The van der Waals surface area contributed by atoms with Crippen molar-refractivity contribution < 1.29 is 9.90 Å². The first-order valence-electron chi connectivity index (χ1n) is 8.29. The van der Waals surface area contributed by atoms with Gasteiger partial charge in [-0.3, -0.25) is 9.69 Å². The number of para-hydroxylation sites is 1. The van der Waals surface area contributed by atoms with Gasteiger partial charge in [0.05, 0.1) is 5.02 Å². The van der Waals surface area contributed by atoms with E-state index < -0.39 is 5.54 Å². The maximum absolute atomic E-state index is 12.9. The maximum atomic E-state index is 12.9. The van der Waals surface area contributed by atoms with Gasteiger partial charge in [0, 0.05) is 12.6 Å². The molecule has 1 unspecified atom stereocenters. The fourth-order valence-electron chi connectivity index (χ4n) is 3.17. The van der Waals surface area contributed by atoms with Crippen LogP contribution in [0.25, 0.3) is 5.57 Å². The number of phenols is 1. The van der Waals surface area contributed by atoms with Gasteiger partial charge in [0.1, 0.15) is 5.75 Å². The topological polar surface area (TPSA) is 78.9 Å². The Morgan fingerprint density at radius 1 is 1.48 bits per heavy atom. The number of hydrogen-bond donors (Lipinski definition) is 2. The molecule has 1 aromatic rings. The van der Waals surface area contributed by atoms with Crippen LogP contribution < -0.4 is 5.73 Å². The summed E-state index contributed by atoms with van der Waals surface area (Å²) < 4.78 is 0. The molecule has 1 aliphatic rings. The minimum absolute atomic E-state index is 0.0247. The summed E-state index contributed by atoms with van der Waals surface area (Å²) in [5.41, 5.74) is 6.82. The number of likely N-dealkylation sites (N-methyl/N-ethyl adjacent to an activating group) is 1. The van der Waals surface area contributed by atoms with Crippen molar-refractivity contribution in [3.8, 4) is 5.75 Å². The van der Waals surface area contributed by atoms with Crippen LogP contribution in [-0.2, 0) is 4.79 Å². The largest absolute Gasteiger partial charge is 0.506 e. The van der Waals surface area contributed by atoms with Crippen molar-refractivity contribution in [1.82, 2.24) is 4.90 Å². The summed E-state index contributed by atoms with van der Waals surface area (Å²) >= 11 is 5.98. The second kappa shape index (κ2) is 7.31. The van der Waals surface area contributed by atoms with Crippen LogP contribution in [0.4, 0.5) is 0 Å². The number of guanidine groups is 1. The van der Waals surface area contributed by atoms with Gasteiger partial charge in [0.25, 0.3) is 5.91 Å². The van der Waals surface area contributed by atoms with Gasteiger partial charge in [-0.25, -0.2) is 4.99 Å². The summed E-state index contributed by atoms with van der Waals surface area (Å²) in [6.07, 6.45) is 3.76. The number of phenolic OH excluding ortho intramolecular Hbond substituents is 1. The SMILES string of the molecule is C=C(/C=C(\CC)C1(CCC)N=C(N)N(C)C1=O)c1cccc(Cl)c1O. The highest BCUT2D eigenvalue weighted by atomic mass is 35.5. The Balaban J connectivity index is 2.53. The number of rotatable bonds is 6. The van der Waals surface area contributed by atoms with Crippen LogP contribution in [-0.4, -0.2) is 34.5 Å². The third-order valence-electron chi connectivity index (χ3n) is 4.51. The standard InChI is InChI=1S/C19H24ClN3O2/c1-5-10-19(17(25)23(4)18(21)22-19)13(6-2)11-12(3)14-8-7-9-15(20)16(14)24/h7-9,11,24H,3,5-6,10H2,1-2,4H3,(H2,21,22)/b13-11+. The third-order valence-corrected chi connectivity index (χ3v) is 4.82. The van der Waals surface area contributed by atoms with E-state index in [1.54, 1.807) is 25.2 Å². The average molecular weight is 362 g/mol. The zero-order chi connectivity index (χ0) is 18.8. The van der Waals surface area contributed by atoms with E-state index in [0.29, 0.717) is 24.0 Å². The predicted octanol–water partition coefficient (Wildman–Crippen LogP) is 3.72. The molecule has 0 aromatic heterocycles. The lowest BCUT2D eigenvalue weighted by atomic mass is 9.82. The molecule has 25 heavy (non-hydrogen) atoms. The Labute approximate surface area is 153 Å². The zero-order valence-corrected chi connectivity index (χ0v) is 15.6. The van der Waals surface area contributed by atoms with Gasteiger partial charge in [-0.1, -0.05) is 56.7 Å². The number of nitrogens with two attached hydrogens (primary N) is 1. The van der Waals surface area contributed by atoms with Gasteiger partial charge < -0.3 is 10.8 Å². The van der Waals surface area contributed by atoms with Crippen molar-refractivity contribution in [3.05, 3.63) is 47.0 Å². The Hall–Kier alpha value is -2.27. The van der Waals surface area contributed by atoms with Gasteiger partial charge in [-0.2, -0.15) is 0 Å². The van der Waals surface area contributed by atoms with Crippen LogP contribution in [0, 0.1) is 0 Å². The molecule has 0 aliphatic carbocycles. The third kappa shape index (κ3) is 3.29. The number of carbonyl (C=O) groups excluding carboxylic acids is 1. The molecule has 0 saturated heterocycles. The molecule has 2 rings (SSSR count). The molecule has 5 nitrogen and oxygen atoms in total. The molecule has 1 aromatic carbocycles. The molecular formula is C19H24ClN3O2. The highest BCUT2D eigenvalue weighted by Crippen LogP contribution is 2.38. The molecular weight excluding hydrogens is 338 g/mol. The highest BCUT2D eigenvalue weighted by molar-refractivity contribution is 6.32. The molecule has 0 radical (unpaired) electrons. The first-order valence-corrected chi connectivity index (χ1v) is 8.67. The summed E-state index contributed by atoms with van der Waals surface area (Å²) in [5, 5.41) is 10.4. The second-order valence-corrected chi connectivity index (χ2v) is 6.54. The van der Waals surface area contributed by atoms with Crippen molar-refractivity contribution >= 4 is 29.0 Å². The smallest absolute Gasteiger partial charge is 0.261 e. The quantitative estimate of drug-likeness (QED) is 0.758. The molecule has 0 fully saturated rings. The summed E-state index contributed by atoms with van der Waals surface area (Å²) in [7, 11) is 1.63. The van der Waals surface area contributed by atoms with Gasteiger partial charge in [-0.15, -0.1) is 0 Å². The molecule has 0 bridgehead atoms. The normalized spacial score (nSPS) is 20.8. The lowest BCUT2D eigenvalue weighted by Crippen LogP contribution is -2.43. The molecule has 0 spiro atoms. The second-order valence-electron chi connectivity index (χ2n) is 6.13. The molecule has 1 aliphatic heterocycles. The number of nitrogens with zero attached hydrogens (tertiary/aromatic N) is 2. The average Bonchev–Trinajstić information content (AvgIpc) is 2.80. The van der Waals surface area contributed by atoms with Gasteiger partial charge in [0.2, 0.25) is 0 Å². The van der Waals surface area contributed by atoms with Crippen LogP contribution in [0.1, 0.15) is 38.7 Å². The van der Waals surface area contributed by atoms with E-state index >= 15 is 0 Å². The van der Waals surface area contributed by atoms with Crippen molar-refractivity contribution in [1.29, 1.82) is 0 Å². The van der Waals surface area contributed by atoms with Crippen LogP contribution in [0.15, 0.2) is 41.4 Å². The monoisotopic (exact) mass is 361 g/mol. The molecule has 1 heterocycles. The fraction of sp³-hybridized carbons (Fsp3) is 0.368. The van der Waals surface area contributed by atoms with E-state index in [-0.39, 0.29) is 22.6 Å². The van der Waals surface area contributed by atoms with Gasteiger partial charge in [0.15, 0.2) is 11.5 Å². The minimum atomic E-state index is -1.00. The van der Waals surface area contributed by atoms with Crippen LogP contribution >= 0.6 is 11.6 Å². The summed E-state index contributed by atoms with van der Waals surface area (Å²) in [6.45, 7) is 8.01. The van der Waals surface area contributed by atoms with E-state index in [2.05, 4.69) is 11.6 Å². The fourth-order valence-corrected chi connectivity index (χ4v) is 3.35. The van der Waals surface area contributed by atoms with Crippen molar-refractivity contribution in [3.63, 3.8) is 0 Å². The van der Waals surface area contributed by atoms with Crippen molar-refractivity contribution in [2.45, 2.75) is 38.6 Å². The molecule has 6 heteroatoms. The lowest BCUT2D eigenvalue weighted by Gasteiger charge is -2.27. The summed E-state index contributed by atoms with van der Waals surface area (Å²) in [4.78, 5) is 18.7. The Bertz CT molecular complexity index is 770. The number of carbonyl (C=O) groups is 1. The van der Waals surface area contributed by atoms with Gasteiger partial charge in [-0.05, 0) is 30.1 Å². The molecule has 3 N–H and O–H groups in total. The number of halogens is 1. The van der Waals surface area contributed by atoms with Crippen LogP contribution in [0.2, 0.25) is 5.02 Å². The number of hydrogen-bond acceptors (Lipinski definition) is 4. The number of aliphatic imine (C=N–C) groups is 1. The number of aromatic hydroxyl groups is 1. The van der Waals surface area contributed by atoms with E-state index in [1.165, 1.54) is 4.90 Å².